The van der Waals surface area contributed by atoms with E-state index >= 15 is 0 Å². The largest absolute Gasteiger partial charge is 0.488 e. The number of hydrogen-bond acceptors (Lipinski definition) is 4. The molecule has 150 valence electrons. The van der Waals surface area contributed by atoms with Crippen LogP contribution < -0.4 is 10.2 Å². The van der Waals surface area contributed by atoms with E-state index in [4.69, 9.17) is 27.9 Å². The van der Waals surface area contributed by atoms with E-state index in [-0.39, 0.29) is 12.4 Å². The van der Waals surface area contributed by atoms with Crippen molar-refractivity contribution in [2.45, 2.75) is 12.8 Å². The summed E-state index contributed by atoms with van der Waals surface area (Å²) in [6, 6.07) is 14.5. The molecule has 0 saturated heterocycles. The number of nitrogens with zero attached hydrogens (tertiary/aromatic N) is 2. The number of alkyl halides is 3. The van der Waals surface area contributed by atoms with Crippen molar-refractivity contribution in [3.05, 3.63) is 87.5 Å². The average molecular weight is 440 g/mol. The van der Waals surface area contributed by atoms with Gasteiger partial charge in [-0.2, -0.15) is 18.3 Å². The van der Waals surface area contributed by atoms with Crippen LogP contribution in [-0.2, 0) is 12.8 Å². The number of para-hydroxylation sites is 1. The number of anilines is 1. The van der Waals surface area contributed by atoms with Gasteiger partial charge in [-0.05, 0) is 42.0 Å². The Hall–Kier alpha value is -2.77. The fourth-order valence-electron chi connectivity index (χ4n) is 2.30. The SMILES string of the molecule is FC(F)(F)c1ccc(N/N=C\c2ccccc2OCc2ccc(Cl)c(Cl)c2)nc1. The maximum absolute atomic E-state index is 12.6. The Morgan fingerprint density at radius 1 is 1.03 bits per heavy atom. The molecule has 29 heavy (non-hydrogen) atoms. The van der Waals surface area contributed by atoms with Crippen molar-refractivity contribution < 1.29 is 17.9 Å². The van der Waals surface area contributed by atoms with Crippen molar-refractivity contribution in [1.82, 2.24) is 4.98 Å². The molecule has 3 rings (SSSR count). The van der Waals surface area contributed by atoms with E-state index in [0.29, 0.717) is 21.4 Å². The Kier molecular flexibility index (Phi) is 6.61. The zero-order valence-corrected chi connectivity index (χ0v) is 16.3. The smallest absolute Gasteiger partial charge is 0.417 e. The van der Waals surface area contributed by atoms with Gasteiger partial charge in [-0.25, -0.2) is 4.98 Å². The van der Waals surface area contributed by atoms with Crippen LogP contribution in [0.3, 0.4) is 0 Å². The molecule has 9 heteroatoms. The molecule has 1 N–H and O–H groups in total. The second-order valence-electron chi connectivity index (χ2n) is 5.87. The van der Waals surface area contributed by atoms with Gasteiger partial charge in [-0.3, -0.25) is 5.43 Å². The lowest BCUT2D eigenvalue weighted by molar-refractivity contribution is -0.137. The van der Waals surface area contributed by atoms with E-state index < -0.39 is 11.7 Å². The molecule has 0 saturated carbocycles. The molecule has 1 heterocycles. The monoisotopic (exact) mass is 439 g/mol. The summed E-state index contributed by atoms with van der Waals surface area (Å²) in [5.41, 5.74) is 3.28. The number of nitrogens with one attached hydrogen (secondary N) is 1. The summed E-state index contributed by atoms with van der Waals surface area (Å²) in [4.78, 5) is 3.69. The van der Waals surface area contributed by atoms with Gasteiger partial charge in [0.25, 0.3) is 0 Å². The third kappa shape index (κ3) is 5.85. The van der Waals surface area contributed by atoms with Crippen LogP contribution in [0.15, 0.2) is 65.9 Å². The zero-order valence-electron chi connectivity index (χ0n) is 14.8. The summed E-state index contributed by atoms with van der Waals surface area (Å²) in [6.45, 7) is 0.273. The number of aromatic nitrogens is 1. The molecular weight excluding hydrogens is 426 g/mol. The second kappa shape index (κ2) is 9.15. The summed E-state index contributed by atoms with van der Waals surface area (Å²) in [5.74, 6) is 0.757. The van der Waals surface area contributed by atoms with Gasteiger partial charge in [0.2, 0.25) is 0 Å². The minimum Gasteiger partial charge on any atom is -0.488 e. The summed E-state index contributed by atoms with van der Waals surface area (Å²) in [5, 5.41) is 4.91. The molecule has 2 aromatic carbocycles. The van der Waals surface area contributed by atoms with Gasteiger partial charge < -0.3 is 4.74 Å². The molecule has 4 nitrogen and oxygen atoms in total. The highest BCUT2D eigenvalue weighted by molar-refractivity contribution is 6.42. The first-order valence-corrected chi connectivity index (χ1v) is 9.06. The molecule has 0 fully saturated rings. The van der Waals surface area contributed by atoms with Crippen LogP contribution in [0.2, 0.25) is 10.0 Å². The van der Waals surface area contributed by atoms with Gasteiger partial charge in [0.15, 0.2) is 0 Å². The van der Waals surface area contributed by atoms with Crippen molar-refractivity contribution in [1.29, 1.82) is 0 Å². The van der Waals surface area contributed by atoms with Crippen LogP contribution in [0.25, 0.3) is 0 Å². The molecule has 0 amide bonds. The van der Waals surface area contributed by atoms with Gasteiger partial charge in [0.1, 0.15) is 18.2 Å². The summed E-state index contributed by atoms with van der Waals surface area (Å²) >= 11 is 11.9. The van der Waals surface area contributed by atoms with Crippen LogP contribution in [0.5, 0.6) is 5.75 Å². The molecule has 0 aliphatic carbocycles. The summed E-state index contributed by atoms with van der Waals surface area (Å²) in [7, 11) is 0. The van der Waals surface area contributed by atoms with Crippen molar-refractivity contribution in [3.63, 3.8) is 0 Å². The fourth-order valence-corrected chi connectivity index (χ4v) is 2.63. The van der Waals surface area contributed by atoms with Crippen LogP contribution in [0.4, 0.5) is 19.0 Å². The lowest BCUT2D eigenvalue weighted by Crippen LogP contribution is -2.05. The van der Waals surface area contributed by atoms with Crippen molar-refractivity contribution in [3.8, 4) is 5.75 Å². The predicted octanol–water partition coefficient (Wildman–Crippen LogP) is 6.43. The summed E-state index contributed by atoms with van der Waals surface area (Å²) in [6.07, 6.45) is -2.20. The van der Waals surface area contributed by atoms with Gasteiger partial charge in [-0.1, -0.05) is 41.4 Å². The number of rotatable bonds is 6. The first-order chi connectivity index (χ1) is 13.8. The number of ether oxygens (including phenoxy) is 1. The first kappa shape index (κ1) is 21.0. The van der Waals surface area contributed by atoms with Gasteiger partial charge >= 0.3 is 6.18 Å². The highest BCUT2D eigenvalue weighted by Gasteiger charge is 2.30. The van der Waals surface area contributed by atoms with E-state index in [1.165, 1.54) is 12.3 Å². The predicted molar refractivity (Wildman–Crippen MR) is 108 cm³/mol. The Balaban J connectivity index is 1.64. The number of hydrogen-bond donors (Lipinski definition) is 1. The second-order valence-corrected chi connectivity index (χ2v) is 6.69. The van der Waals surface area contributed by atoms with Crippen LogP contribution >= 0.6 is 23.2 Å². The quantitative estimate of drug-likeness (QED) is 0.355. The Bertz CT molecular complexity index is 1010. The minimum atomic E-state index is -4.43. The van der Waals surface area contributed by atoms with Gasteiger partial charge in [-0.15, -0.1) is 0 Å². The Morgan fingerprint density at radius 3 is 2.52 bits per heavy atom. The number of halogens is 5. The van der Waals surface area contributed by atoms with E-state index in [1.807, 2.05) is 18.2 Å². The topological polar surface area (TPSA) is 46.5 Å². The lowest BCUT2D eigenvalue weighted by atomic mass is 10.2. The van der Waals surface area contributed by atoms with Gasteiger partial charge in [0, 0.05) is 11.8 Å². The van der Waals surface area contributed by atoms with E-state index in [9.17, 15) is 13.2 Å². The highest BCUT2D eigenvalue weighted by atomic mass is 35.5. The average Bonchev–Trinajstić information content (AvgIpc) is 2.69. The fraction of sp³-hybridized carbons (Fsp3) is 0.100. The normalized spacial score (nSPS) is 11.6. The third-order valence-electron chi connectivity index (χ3n) is 3.77. The minimum absolute atomic E-state index is 0.184. The van der Waals surface area contributed by atoms with E-state index in [0.717, 1.165) is 17.8 Å². The highest BCUT2D eigenvalue weighted by Crippen LogP contribution is 2.29. The van der Waals surface area contributed by atoms with Gasteiger partial charge in [0.05, 0.1) is 21.8 Å². The lowest BCUT2D eigenvalue weighted by Gasteiger charge is -2.10. The Morgan fingerprint density at radius 2 is 1.83 bits per heavy atom. The molecule has 0 spiro atoms. The molecular formula is C20H14Cl2F3N3O. The Labute approximate surface area is 174 Å². The maximum Gasteiger partial charge on any atom is 0.417 e. The van der Waals surface area contributed by atoms with Crippen LogP contribution in [0.1, 0.15) is 16.7 Å². The van der Waals surface area contributed by atoms with Crippen molar-refractivity contribution >= 4 is 35.2 Å². The molecule has 0 aliphatic rings. The zero-order chi connectivity index (χ0) is 20.9. The molecule has 0 radical (unpaired) electrons. The standard InChI is InChI=1S/C20H14Cl2F3N3O/c21-16-7-5-13(9-17(16)22)12-29-18-4-2-1-3-14(18)10-27-28-19-8-6-15(11-26-19)20(23,24)25/h1-11H,12H2,(H,26,28)/b27-10-. The maximum atomic E-state index is 12.6. The third-order valence-corrected chi connectivity index (χ3v) is 4.51. The first-order valence-electron chi connectivity index (χ1n) is 8.31. The van der Waals surface area contributed by atoms with Crippen molar-refractivity contribution in [2.24, 2.45) is 5.10 Å². The van der Waals surface area contributed by atoms with Crippen molar-refractivity contribution in [2.75, 3.05) is 5.43 Å². The number of pyridine rings is 1. The van der Waals surface area contributed by atoms with E-state index in [1.54, 1.807) is 24.3 Å². The molecule has 0 aliphatic heterocycles. The van der Waals surface area contributed by atoms with Crippen LogP contribution in [0, 0.1) is 0 Å². The number of benzene rings is 2. The molecule has 0 unspecified atom stereocenters. The van der Waals surface area contributed by atoms with E-state index in [2.05, 4.69) is 15.5 Å². The molecule has 0 atom stereocenters. The number of hydrazone groups is 1. The molecule has 3 aromatic rings. The molecule has 0 bridgehead atoms. The summed E-state index contributed by atoms with van der Waals surface area (Å²) < 4.78 is 43.5. The molecule has 1 aromatic heterocycles. The van der Waals surface area contributed by atoms with Crippen LogP contribution in [-0.4, -0.2) is 11.2 Å².